The molecule has 0 saturated carbocycles. The highest BCUT2D eigenvalue weighted by Crippen LogP contribution is 2.34. The Balaban J connectivity index is 1.22. The summed E-state index contributed by atoms with van der Waals surface area (Å²) in [5, 5.41) is 3.58. The van der Waals surface area contributed by atoms with Crippen LogP contribution < -0.4 is 14.8 Å². The Labute approximate surface area is 192 Å². The van der Waals surface area contributed by atoms with Gasteiger partial charge >= 0.3 is 0 Å². The molecule has 1 aromatic heterocycles. The van der Waals surface area contributed by atoms with Gasteiger partial charge in [0.15, 0.2) is 11.5 Å². The predicted octanol–water partition coefficient (Wildman–Crippen LogP) is 4.89. The molecule has 2 aliphatic heterocycles. The second-order valence-electron chi connectivity index (χ2n) is 8.11. The lowest BCUT2D eigenvalue weighted by molar-refractivity contribution is 0.0651. The van der Waals surface area contributed by atoms with E-state index in [9.17, 15) is 4.79 Å². The third-order valence-electron chi connectivity index (χ3n) is 5.75. The molecule has 1 fully saturated rings. The standard InChI is InChI=1S/C25H24ClN3O3/c26-19-6-3-17(4-7-19)22-9-5-18(14-27-22)25(30)28-20-8-10-23-24(13-20)31-16-21(32-23)15-29-11-1-2-12-29/h3-10,13-14,21H,1-2,11-12,15-16H2,(H,28,30). The number of aromatic nitrogens is 1. The first-order valence-corrected chi connectivity index (χ1v) is 11.2. The maximum absolute atomic E-state index is 12.7. The minimum absolute atomic E-state index is 0.0336. The number of fused-ring (bicyclic) bond motifs is 1. The maximum atomic E-state index is 12.7. The number of hydrogen-bond acceptors (Lipinski definition) is 5. The van der Waals surface area contributed by atoms with Crippen LogP contribution in [0.3, 0.4) is 0 Å². The minimum atomic E-state index is -0.233. The van der Waals surface area contributed by atoms with Crippen molar-refractivity contribution in [2.45, 2.75) is 18.9 Å². The number of carbonyl (C=O) groups excluding carboxylic acids is 1. The van der Waals surface area contributed by atoms with Gasteiger partial charge < -0.3 is 14.8 Å². The number of rotatable bonds is 5. The average molecular weight is 450 g/mol. The fourth-order valence-electron chi connectivity index (χ4n) is 4.06. The van der Waals surface area contributed by atoms with Crippen LogP contribution in [0.5, 0.6) is 11.5 Å². The van der Waals surface area contributed by atoms with Crippen molar-refractivity contribution < 1.29 is 14.3 Å². The molecule has 1 atom stereocenters. The number of likely N-dealkylation sites (tertiary alicyclic amines) is 1. The third kappa shape index (κ3) is 4.71. The molecular weight excluding hydrogens is 426 g/mol. The van der Waals surface area contributed by atoms with Gasteiger partial charge in [0.1, 0.15) is 12.7 Å². The van der Waals surface area contributed by atoms with E-state index in [0.29, 0.717) is 34.4 Å². The molecule has 7 heteroatoms. The zero-order valence-corrected chi connectivity index (χ0v) is 18.3. The SMILES string of the molecule is O=C(Nc1ccc2c(c1)OCC(CN1CCCC1)O2)c1ccc(-c2ccc(Cl)cc2)nc1. The molecule has 32 heavy (non-hydrogen) atoms. The lowest BCUT2D eigenvalue weighted by atomic mass is 10.1. The molecule has 0 spiro atoms. The zero-order chi connectivity index (χ0) is 21.9. The van der Waals surface area contributed by atoms with Gasteiger partial charge in [0.25, 0.3) is 5.91 Å². The lowest BCUT2D eigenvalue weighted by Gasteiger charge is -2.29. The highest BCUT2D eigenvalue weighted by molar-refractivity contribution is 6.30. The summed E-state index contributed by atoms with van der Waals surface area (Å²) in [4.78, 5) is 19.5. The van der Waals surface area contributed by atoms with Crippen molar-refractivity contribution in [1.29, 1.82) is 0 Å². The molecule has 3 aromatic rings. The second kappa shape index (κ2) is 9.18. The summed E-state index contributed by atoms with van der Waals surface area (Å²) in [6.45, 7) is 3.66. The summed E-state index contributed by atoms with van der Waals surface area (Å²) >= 11 is 5.94. The van der Waals surface area contributed by atoms with Crippen molar-refractivity contribution in [3.05, 3.63) is 71.4 Å². The van der Waals surface area contributed by atoms with Crippen molar-refractivity contribution in [3.63, 3.8) is 0 Å². The first-order valence-electron chi connectivity index (χ1n) is 10.8. The number of hydrogen-bond donors (Lipinski definition) is 1. The van der Waals surface area contributed by atoms with Crippen molar-refractivity contribution in [3.8, 4) is 22.8 Å². The molecule has 6 nitrogen and oxygen atoms in total. The summed E-state index contributed by atoms with van der Waals surface area (Å²) in [5.41, 5.74) is 2.85. The molecule has 1 unspecified atom stereocenters. The highest BCUT2D eigenvalue weighted by Gasteiger charge is 2.25. The molecular formula is C25H24ClN3O3. The normalized spacial score (nSPS) is 17.8. The van der Waals surface area contributed by atoms with Gasteiger partial charge in [0.05, 0.1) is 11.3 Å². The largest absolute Gasteiger partial charge is 0.486 e. The van der Waals surface area contributed by atoms with Crippen LogP contribution in [0, 0.1) is 0 Å². The second-order valence-corrected chi connectivity index (χ2v) is 8.55. The molecule has 2 aliphatic rings. The third-order valence-corrected chi connectivity index (χ3v) is 6.00. The summed E-state index contributed by atoms with van der Waals surface area (Å²) in [6.07, 6.45) is 4.12. The number of halogens is 1. The van der Waals surface area contributed by atoms with Crippen LogP contribution in [-0.2, 0) is 0 Å². The number of pyridine rings is 1. The number of carbonyl (C=O) groups is 1. The number of benzene rings is 2. The number of anilines is 1. The van der Waals surface area contributed by atoms with Crippen LogP contribution >= 0.6 is 11.6 Å². The highest BCUT2D eigenvalue weighted by atomic mass is 35.5. The Kier molecular flexibility index (Phi) is 5.97. The van der Waals surface area contributed by atoms with E-state index < -0.39 is 0 Å². The van der Waals surface area contributed by atoms with E-state index in [2.05, 4.69) is 15.2 Å². The van der Waals surface area contributed by atoms with Crippen LogP contribution in [0.4, 0.5) is 5.69 Å². The molecule has 2 aromatic carbocycles. The predicted molar refractivity (Wildman–Crippen MR) is 125 cm³/mol. The summed E-state index contributed by atoms with van der Waals surface area (Å²) in [7, 11) is 0. The van der Waals surface area contributed by atoms with E-state index >= 15 is 0 Å². The first kappa shape index (κ1) is 20.8. The monoisotopic (exact) mass is 449 g/mol. The first-order chi connectivity index (χ1) is 15.6. The van der Waals surface area contributed by atoms with Crippen molar-refractivity contribution in [1.82, 2.24) is 9.88 Å². The fourth-order valence-corrected chi connectivity index (χ4v) is 4.18. The Hall–Kier alpha value is -3.09. The van der Waals surface area contributed by atoms with E-state index in [1.54, 1.807) is 18.3 Å². The molecule has 0 bridgehead atoms. The Morgan fingerprint density at radius 1 is 1.06 bits per heavy atom. The zero-order valence-electron chi connectivity index (χ0n) is 17.6. The van der Waals surface area contributed by atoms with Gasteiger partial charge in [-0.25, -0.2) is 0 Å². The van der Waals surface area contributed by atoms with E-state index in [1.807, 2.05) is 42.5 Å². The molecule has 1 saturated heterocycles. The van der Waals surface area contributed by atoms with Gasteiger partial charge in [0.2, 0.25) is 0 Å². The van der Waals surface area contributed by atoms with Gasteiger partial charge in [-0.05, 0) is 62.3 Å². The van der Waals surface area contributed by atoms with Gasteiger partial charge in [-0.2, -0.15) is 0 Å². The molecule has 1 N–H and O–H groups in total. The summed E-state index contributed by atoms with van der Waals surface area (Å²) < 4.78 is 12.0. The van der Waals surface area contributed by atoms with E-state index in [0.717, 1.165) is 30.9 Å². The van der Waals surface area contributed by atoms with Crippen LogP contribution in [0.25, 0.3) is 11.3 Å². The molecule has 1 amide bonds. The van der Waals surface area contributed by atoms with Crippen LogP contribution in [-0.4, -0.2) is 48.1 Å². The number of amides is 1. The maximum Gasteiger partial charge on any atom is 0.257 e. The van der Waals surface area contributed by atoms with Crippen molar-refractivity contribution in [2.24, 2.45) is 0 Å². The van der Waals surface area contributed by atoms with Crippen LogP contribution in [0.1, 0.15) is 23.2 Å². The van der Waals surface area contributed by atoms with Crippen LogP contribution in [0.2, 0.25) is 5.02 Å². The molecule has 164 valence electrons. The molecule has 0 radical (unpaired) electrons. The Bertz CT molecular complexity index is 1100. The topological polar surface area (TPSA) is 63.7 Å². The summed E-state index contributed by atoms with van der Waals surface area (Å²) in [5.74, 6) is 1.13. The lowest BCUT2D eigenvalue weighted by Crippen LogP contribution is -2.39. The summed E-state index contributed by atoms with van der Waals surface area (Å²) in [6, 6.07) is 16.5. The Morgan fingerprint density at radius 2 is 1.88 bits per heavy atom. The van der Waals surface area contributed by atoms with E-state index in [4.69, 9.17) is 21.1 Å². The average Bonchev–Trinajstić information content (AvgIpc) is 3.33. The molecule has 5 rings (SSSR count). The minimum Gasteiger partial charge on any atom is -0.486 e. The van der Waals surface area contributed by atoms with Crippen LogP contribution in [0.15, 0.2) is 60.8 Å². The Morgan fingerprint density at radius 3 is 2.62 bits per heavy atom. The smallest absolute Gasteiger partial charge is 0.257 e. The molecule has 3 heterocycles. The van der Waals surface area contributed by atoms with Gasteiger partial charge in [-0.3, -0.25) is 14.7 Å². The fraction of sp³-hybridized carbons (Fsp3) is 0.280. The van der Waals surface area contributed by atoms with Crippen molar-refractivity contribution >= 4 is 23.2 Å². The molecule has 0 aliphatic carbocycles. The van der Waals surface area contributed by atoms with Gasteiger partial charge in [-0.15, -0.1) is 0 Å². The quantitative estimate of drug-likeness (QED) is 0.600. The number of nitrogens with one attached hydrogen (secondary N) is 1. The van der Waals surface area contributed by atoms with Crippen molar-refractivity contribution in [2.75, 3.05) is 31.6 Å². The van der Waals surface area contributed by atoms with Gasteiger partial charge in [-0.1, -0.05) is 23.7 Å². The number of ether oxygens (including phenoxy) is 2. The van der Waals surface area contributed by atoms with E-state index in [1.165, 1.54) is 12.8 Å². The number of nitrogens with zero attached hydrogens (tertiary/aromatic N) is 2. The van der Waals surface area contributed by atoms with Gasteiger partial charge in [0, 0.05) is 35.1 Å². The van der Waals surface area contributed by atoms with E-state index in [-0.39, 0.29) is 12.0 Å².